The Morgan fingerprint density at radius 1 is 1.44 bits per heavy atom. The maximum atomic E-state index is 10.7. The van der Waals surface area contributed by atoms with Gasteiger partial charge in [-0.2, -0.15) is 0 Å². The summed E-state index contributed by atoms with van der Waals surface area (Å²) in [5.41, 5.74) is 0.734. The molecule has 3 nitrogen and oxygen atoms in total. The van der Waals surface area contributed by atoms with E-state index in [-0.39, 0.29) is 12.5 Å². The summed E-state index contributed by atoms with van der Waals surface area (Å²) in [6, 6.07) is 7.31. The van der Waals surface area contributed by atoms with Crippen LogP contribution in [0, 0.1) is 0 Å². The number of benzene rings is 1. The van der Waals surface area contributed by atoms with Crippen molar-refractivity contribution in [2.24, 2.45) is 0 Å². The predicted octanol–water partition coefficient (Wildman–Crippen LogP) is 2.88. The van der Waals surface area contributed by atoms with Crippen molar-refractivity contribution in [3.63, 3.8) is 0 Å². The average molecular weight is 222 g/mol. The zero-order valence-electron chi connectivity index (χ0n) is 9.77. The van der Waals surface area contributed by atoms with E-state index in [0.29, 0.717) is 5.75 Å². The first-order valence-electron chi connectivity index (χ1n) is 5.59. The van der Waals surface area contributed by atoms with Crippen molar-refractivity contribution >= 4 is 5.97 Å². The molecule has 0 aliphatic heterocycles. The zero-order chi connectivity index (χ0) is 12.0. The first-order chi connectivity index (χ1) is 7.63. The highest BCUT2D eigenvalue weighted by Gasteiger charge is 2.09. The van der Waals surface area contributed by atoms with Crippen LogP contribution in [0.1, 0.15) is 32.3 Å². The van der Waals surface area contributed by atoms with E-state index in [0.717, 1.165) is 18.4 Å². The van der Waals surface area contributed by atoms with E-state index in [1.807, 2.05) is 25.1 Å². The summed E-state index contributed by atoms with van der Waals surface area (Å²) >= 11 is 0. The zero-order valence-corrected chi connectivity index (χ0v) is 9.77. The summed E-state index contributed by atoms with van der Waals surface area (Å²) in [5.74, 6) is -0.148. The summed E-state index contributed by atoms with van der Waals surface area (Å²) in [5, 5.41) is 8.77. The lowest BCUT2D eigenvalue weighted by molar-refractivity contribution is -0.136. The van der Waals surface area contributed by atoms with Gasteiger partial charge in [0.05, 0.1) is 12.5 Å². The quantitative estimate of drug-likeness (QED) is 0.805. The first kappa shape index (κ1) is 12.6. The van der Waals surface area contributed by atoms with Gasteiger partial charge in [0.1, 0.15) is 5.75 Å². The first-order valence-corrected chi connectivity index (χ1v) is 5.59. The maximum Gasteiger partial charge on any atom is 0.307 e. The molecule has 1 unspecified atom stereocenters. The van der Waals surface area contributed by atoms with Gasteiger partial charge in [-0.25, -0.2) is 0 Å². The smallest absolute Gasteiger partial charge is 0.307 e. The molecular weight excluding hydrogens is 204 g/mol. The molecule has 0 amide bonds. The van der Waals surface area contributed by atoms with Gasteiger partial charge in [-0.3, -0.25) is 4.79 Å². The van der Waals surface area contributed by atoms with Crippen molar-refractivity contribution in [1.82, 2.24) is 0 Å². The van der Waals surface area contributed by atoms with Crippen LogP contribution < -0.4 is 4.74 Å². The molecule has 0 saturated heterocycles. The fourth-order valence-corrected chi connectivity index (χ4v) is 1.61. The molecule has 1 atom stereocenters. The number of para-hydroxylation sites is 1. The standard InChI is InChI=1S/C13H18O3/c1-3-6-10(2)16-12-8-5-4-7-11(12)9-13(14)15/h4-5,7-8,10H,3,6,9H2,1-2H3,(H,14,15). The van der Waals surface area contributed by atoms with E-state index in [9.17, 15) is 4.79 Å². The molecule has 0 bridgehead atoms. The molecule has 0 saturated carbocycles. The third kappa shape index (κ3) is 3.93. The van der Waals surface area contributed by atoms with Gasteiger partial charge < -0.3 is 9.84 Å². The van der Waals surface area contributed by atoms with Gasteiger partial charge in [-0.05, 0) is 19.4 Å². The number of carboxylic acid groups (broad SMARTS) is 1. The van der Waals surface area contributed by atoms with Crippen LogP contribution in [0.4, 0.5) is 0 Å². The number of carboxylic acids is 1. The second-order valence-corrected chi connectivity index (χ2v) is 3.90. The lowest BCUT2D eigenvalue weighted by Gasteiger charge is -2.16. The fraction of sp³-hybridized carbons (Fsp3) is 0.462. The molecule has 16 heavy (non-hydrogen) atoms. The van der Waals surface area contributed by atoms with Crippen molar-refractivity contribution < 1.29 is 14.6 Å². The van der Waals surface area contributed by atoms with Gasteiger partial charge >= 0.3 is 5.97 Å². The van der Waals surface area contributed by atoms with Crippen LogP contribution in [0.15, 0.2) is 24.3 Å². The van der Waals surface area contributed by atoms with Crippen LogP contribution in [0.3, 0.4) is 0 Å². The SMILES string of the molecule is CCCC(C)Oc1ccccc1CC(=O)O. The minimum absolute atomic E-state index is 0.00895. The molecule has 0 spiro atoms. The molecule has 1 N–H and O–H groups in total. The van der Waals surface area contributed by atoms with E-state index >= 15 is 0 Å². The highest BCUT2D eigenvalue weighted by molar-refractivity contribution is 5.71. The lowest BCUT2D eigenvalue weighted by atomic mass is 10.1. The number of rotatable bonds is 6. The molecule has 1 aromatic carbocycles. The van der Waals surface area contributed by atoms with Gasteiger partial charge in [0.15, 0.2) is 0 Å². The Morgan fingerprint density at radius 2 is 2.12 bits per heavy atom. The summed E-state index contributed by atoms with van der Waals surface area (Å²) < 4.78 is 5.72. The monoisotopic (exact) mass is 222 g/mol. The normalized spacial score (nSPS) is 12.1. The molecule has 0 heterocycles. The van der Waals surface area contributed by atoms with Gasteiger partial charge in [-0.1, -0.05) is 31.5 Å². The van der Waals surface area contributed by atoms with E-state index < -0.39 is 5.97 Å². The third-order valence-electron chi connectivity index (χ3n) is 2.34. The molecule has 0 fully saturated rings. The summed E-state index contributed by atoms with van der Waals surface area (Å²) in [4.78, 5) is 10.7. The topological polar surface area (TPSA) is 46.5 Å². The Balaban J connectivity index is 2.74. The second-order valence-electron chi connectivity index (χ2n) is 3.90. The second kappa shape index (κ2) is 6.16. The van der Waals surface area contributed by atoms with Crippen molar-refractivity contribution in [2.45, 2.75) is 39.2 Å². The highest BCUT2D eigenvalue weighted by atomic mass is 16.5. The molecule has 3 heteroatoms. The van der Waals surface area contributed by atoms with Gasteiger partial charge in [0.25, 0.3) is 0 Å². The van der Waals surface area contributed by atoms with Crippen molar-refractivity contribution in [2.75, 3.05) is 0 Å². The van der Waals surface area contributed by atoms with E-state index in [1.165, 1.54) is 0 Å². The van der Waals surface area contributed by atoms with Crippen LogP contribution in [0.5, 0.6) is 5.75 Å². The Labute approximate surface area is 96.1 Å². The highest BCUT2D eigenvalue weighted by Crippen LogP contribution is 2.20. The van der Waals surface area contributed by atoms with E-state index in [1.54, 1.807) is 6.07 Å². The third-order valence-corrected chi connectivity index (χ3v) is 2.34. The summed E-state index contributed by atoms with van der Waals surface area (Å²) in [6.07, 6.45) is 2.17. The largest absolute Gasteiger partial charge is 0.490 e. The molecule has 88 valence electrons. The molecular formula is C13H18O3. The predicted molar refractivity (Wildman–Crippen MR) is 62.8 cm³/mol. The molecule has 0 radical (unpaired) electrons. The summed E-state index contributed by atoms with van der Waals surface area (Å²) in [7, 11) is 0. The number of aliphatic carboxylic acids is 1. The van der Waals surface area contributed by atoms with Gasteiger partial charge in [0.2, 0.25) is 0 Å². The average Bonchev–Trinajstić information content (AvgIpc) is 2.20. The van der Waals surface area contributed by atoms with Crippen LogP contribution >= 0.6 is 0 Å². The Morgan fingerprint density at radius 3 is 2.75 bits per heavy atom. The Kier molecular flexibility index (Phi) is 4.83. The van der Waals surface area contributed by atoms with Crippen LogP contribution in [0.2, 0.25) is 0 Å². The maximum absolute atomic E-state index is 10.7. The molecule has 1 aromatic rings. The van der Waals surface area contributed by atoms with Gasteiger partial charge in [-0.15, -0.1) is 0 Å². The lowest BCUT2D eigenvalue weighted by Crippen LogP contribution is -2.13. The van der Waals surface area contributed by atoms with Crippen molar-refractivity contribution in [1.29, 1.82) is 0 Å². The van der Waals surface area contributed by atoms with Crippen LogP contribution in [0.25, 0.3) is 0 Å². The number of carbonyl (C=O) groups is 1. The van der Waals surface area contributed by atoms with Crippen molar-refractivity contribution in [3.8, 4) is 5.75 Å². The van der Waals surface area contributed by atoms with Crippen molar-refractivity contribution in [3.05, 3.63) is 29.8 Å². The minimum Gasteiger partial charge on any atom is -0.490 e. The molecule has 0 aliphatic rings. The molecule has 0 aliphatic carbocycles. The van der Waals surface area contributed by atoms with Crippen LogP contribution in [-0.2, 0) is 11.2 Å². The molecule has 0 aromatic heterocycles. The minimum atomic E-state index is -0.834. The summed E-state index contributed by atoms with van der Waals surface area (Å²) in [6.45, 7) is 4.10. The van der Waals surface area contributed by atoms with E-state index in [4.69, 9.17) is 9.84 Å². The van der Waals surface area contributed by atoms with Gasteiger partial charge in [0, 0.05) is 5.56 Å². The molecule has 1 rings (SSSR count). The number of ether oxygens (including phenoxy) is 1. The Hall–Kier alpha value is -1.51. The van der Waals surface area contributed by atoms with E-state index in [2.05, 4.69) is 6.92 Å². The number of hydrogen-bond donors (Lipinski definition) is 1. The van der Waals surface area contributed by atoms with Crippen LogP contribution in [-0.4, -0.2) is 17.2 Å². The fourth-order valence-electron chi connectivity index (χ4n) is 1.61. The number of hydrogen-bond acceptors (Lipinski definition) is 2. The Bertz CT molecular complexity index is 347.